The van der Waals surface area contributed by atoms with Crippen LogP contribution in [0.2, 0.25) is 0 Å². The highest BCUT2D eigenvalue weighted by molar-refractivity contribution is 7.15. The zero-order valence-corrected chi connectivity index (χ0v) is 12.8. The predicted molar refractivity (Wildman–Crippen MR) is 77.2 cm³/mol. The van der Waals surface area contributed by atoms with E-state index >= 15 is 0 Å². The van der Waals surface area contributed by atoms with Gasteiger partial charge in [0.2, 0.25) is 0 Å². The number of thiophene rings is 1. The van der Waals surface area contributed by atoms with Crippen LogP contribution in [0, 0.1) is 6.92 Å². The minimum absolute atomic E-state index is 0.212. The number of alkyl halides is 3. The number of aryl methyl sites for hydroxylation is 1. The topological polar surface area (TPSA) is 24.9 Å². The van der Waals surface area contributed by atoms with E-state index in [0.29, 0.717) is 11.6 Å². The van der Waals surface area contributed by atoms with Crippen LogP contribution in [0.25, 0.3) is 10.6 Å². The van der Waals surface area contributed by atoms with Gasteiger partial charge in [0.1, 0.15) is 5.01 Å². The first-order valence-electron chi connectivity index (χ1n) is 6.24. The van der Waals surface area contributed by atoms with Crippen molar-refractivity contribution in [2.75, 3.05) is 6.54 Å². The minimum atomic E-state index is -4.40. The summed E-state index contributed by atoms with van der Waals surface area (Å²) in [6.45, 7) is 4.77. The van der Waals surface area contributed by atoms with E-state index in [1.165, 1.54) is 11.3 Å². The fourth-order valence-corrected chi connectivity index (χ4v) is 3.81. The van der Waals surface area contributed by atoms with Gasteiger partial charge in [-0.15, -0.1) is 11.3 Å². The third-order valence-corrected chi connectivity index (χ3v) is 4.71. The third-order valence-electron chi connectivity index (χ3n) is 2.76. The van der Waals surface area contributed by atoms with Crippen LogP contribution >= 0.6 is 22.7 Å². The largest absolute Gasteiger partial charge is 0.434 e. The van der Waals surface area contributed by atoms with Crippen molar-refractivity contribution in [2.45, 2.75) is 33.0 Å². The van der Waals surface area contributed by atoms with Gasteiger partial charge < -0.3 is 5.32 Å². The van der Waals surface area contributed by atoms with E-state index in [9.17, 15) is 13.2 Å². The molecular formula is C13H15F3N2S2. The van der Waals surface area contributed by atoms with Crippen molar-refractivity contribution in [3.05, 3.63) is 26.9 Å². The summed E-state index contributed by atoms with van der Waals surface area (Å²) >= 11 is 2.60. The summed E-state index contributed by atoms with van der Waals surface area (Å²) in [6, 6.07) is 0. The van der Waals surface area contributed by atoms with Crippen LogP contribution in [0.1, 0.15) is 29.5 Å². The lowest BCUT2D eigenvalue weighted by molar-refractivity contribution is -0.141. The number of nitrogens with zero attached hydrogens (tertiary/aromatic N) is 1. The van der Waals surface area contributed by atoms with Crippen molar-refractivity contribution in [3.63, 3.8) is 0 Å². The Bertz CT molecular complexity index is 572. The molecular weight excluding hydrogens is 305 g/mol. The van der Waals surface area contributed by atoms with Crippen molar-refractivity contribution < 1.29 is 13.2 Å². The maximum absolute atomic E-state index is 13.0. The molecule has 0 unspecified atom stereocenters. The Balaban J connectivity index is 2.34. The summed E-state index contributed by atoms with van der Waals surface area (Å²) in [5.74, 6) is 0. The van der Waals surface area contributed by atoms with E-state index in [-0.39, 0.29) is 11.4 Å². The molecule has 2 rings (SSSR count). The van der Waals surface area contributed by atoms with Crippen LogP contribution in [0.15, 0.2) is 10.8 Å². The second-order valence-corrected chi connectivity index (χ2v) is 6.26. The van der Waals surface area contributed by atoms with Crippen LogP contribution in [-0.4, -0.2) is 11.5 Å². The van der Waals surface area contributed by atoms with E-state index < -0.39 is 11.9 Å². The number of halogens is 3. The molecule has 0 aliphatic heterocycles. The molecule has 1 N–H and O–H groups in total. The highest BCUT2D eigenvalue weighted by Gasteiger charge is 2.37. The molecule has 0 saturated carbocycles. The molecule has 0 aliphatic carbocycles. The normalized spacial score (nSPS) is 12.1. The Morgan fingerprint density at radius 3 is 2.60 bits per heavy atom. The van der Waals surface area contributed by atoms with Gasteiger partial charge in [0.15, 0.2) is 5.69 Å². The molecule has 0 bridgehead atoms. The van der Waals surface area contributed by atoms with Gasteiger partial charge in [0.05, 0.1) is 4.88 Å². The zero-order valence-electron chi connectivity index (χ0n) is 11.2. The van der Waals surface area contributed by atoms with Crippen LogP contribution in [-0.2, 0) is 12.7 Å². The van der Waals surface area contributed by atoms with Crippen LogP contribution in [0.3, 0.4) is 0 Å². The first-order valence-corrected chi connectivity index (χ1v) is 8.00. The Morgan fingerprint density at radius 1 is 1.30 bits per heavy atom. The average molecular weight is 320 g/mol. The molecule has 0 aliphatic rings. The number of rotatable bonds is 5. The summed E-state index contributed by atoms with van der Waals surface area (Å²) in [4.78, 5) is 4.08. The van der Waals surface area contributed by atoms with Crippen molar-refractivity contribution in [2.24, 2.45) is 0 Å². The summed E-state index contributed by atoms with van der Waals surface area (Å²) in [5, 5.41) is 7.22. The van der Waals surface area contributed by atoms with Gasteiger partial charge in [-0.2, -0.15) is 24.5 Å². The van der Waals surface area contributed by atoms with Crippen molar-refractivity contribution in [3.8, 4) is 10.6 Å². The highest BCUT2D eigenvalue weighted by atomic mass is 32.1. The fraction of sp³-hybridized carbons (Fsp3) is 0.462. The Hall–Kier alpha value is -0.920. The summed E-state index contributed by atoms with van der Waals surface area (Å²) in [6.07, 6.45) is -3.52. The Labute approximate surface area is 123 Å². The van der Waals surface area contributed by atoms with Gasteiger partial charge in [0.25, 0.3) is 0 Å². The number of thiazole rings is 1. The average Bonchev–Trinajstić information content (AvgIpc) is 2.95. The number of hydrogen-bond donors (Lipinski definition) is 1. The van der Waals surface area contributed by atoms with Crippen LogP contribution in [0.5, 0.6) is 0 Å². The lowest BCUT2D eigenvalue weighted by atomic mass is 10.2. The molecule has 2 aromatic rings. The zero-order chi connectivity index (χ0) is 14.8. The van der Waals surface area contributed by atoms with E-state index in [1.807, 2.05) is 24.6 Å². The second kappa shape index (κ2) is 6.24. The quantitative estimate of drug-likeness (QED) is 0.808. The fourth-order valence-electron chi connectivity index (χ4n) is 1.77. The van der Waals surface area contributed by atoms with Gasteiger partial charge >= 0.3 is 6.18 Å². The Morgan fingerprint density at radius 2 is 2.05 bits per heavy atom. The molecule has 0 aromatic carbocycles. The molecule has 2 aromatic heterocycles. The van der Waals surface area contributed by atoms with E-state index in [2.05, 4.69) is 10.3 Å². The van der Waals surface area contributed by atoms with Crippen LogP contribution in [0.4, 0.5) is 13.2 Å². The van der Waals surface area contributed by atoms with Crippen molar-refractivity contribution in [1.29, 1.82) is 0 Å². The van der Waals surface area contributed by atoms with E-state index in [1.54, 1.807) is 0 Å². The molecule has 2 nitrogen and oxygen atoms in total. The Kier molecular flexibility index (Phi) is 4.82. The smallest absolute Gasteiger partial charge is 0.312 e. The minimum Gasteiger partial charge on any atom is -0.312 e. The summed E-state index contributed by atoms with van der Waals surface area (Å²) < 4.78 is 39.1. The first-order chi connectivity index (χ1) is 9.43. The van der Waals surface area contributed by atoms with Gasteiger partial charge in [-0.1, -0.05) is 6.92 Å². The van der Waals surface area contributed by atoms with Gasteiger partial charge in [-0.05, 0) is 30.8 Å². The van der Waals surface area contributed by atoms with Crippen molar-refractivity contribution >= 4 is 22.7 Å². The van der Waals surface area contributed by atoms with Gasteiger partial charge in [0, 0.05) is 17.5 Å². The number of hydrogen-bond acceptors (Lipinski definition) is 4. The molecule has 20 heavy (non-hydrogen) atoms. The second-order valence-electron chi connectivity index (χ2n) is 4.43. The molecule has 0 saturated heterocycles. The van der Waals surface area contributed by atoms with Gasteiger partial charge in [-0.25, -0.2) is 4.98 Å². The maximum Gasteiger partial charge on any atom is 0.434 e. The summed E-state index contributed by atoms with van der Waals surface area (Å²) in [7, 11) is 0. The van der Waals surface area contributed by atoms with Gasteiger partial charge in [-0.3, -0.25) is 0 Å². The first kappa shape index (κ1) is 15.5. The lowest BCUT2D eigenvalue weighted by Crippen LogP contribution is -2.17. The highest BCUT2D eigenvalue weighted by Crippen LogP contribution is 2.39. The third kappa shape index (κ3) is 3.39. The molecule has 0 spiro atoms. The number of aromatic nitrogens is 1. The molecule has 0 fully saturated rings. The van der Waals surface area contributed by atoms with E-state index in [0.717, 1.165) is 28.9 Å². The molecule has 2 heterocycles. The molecule has 0 radical (unpaired) electrons. The monoisotopic (exact) mass is 320 g/mol. The maximum atomic E-state index is 13.0. The lowest BCUT2D eigenvalue weighted by Gasteiger charge is -2.06. The molecule has 7 heteroatoms. The van der Waals surface area contributed by atoms with E-state index in [4.69, 9.17) is 0 Å². The van der Waals surface area contributed by atoms with Crippen LogP contribution < -0.4 is 5.32 Å². The predicted octanol–water partition coefficient (Wildman–Crippen LogP) is 4.70. The molecule has 0 atom stereocenters. The molecule has 110 valence electrons. The standard InChI is InChI=1S/C13H15F3N2S2/c1-3-4-17-5-10-11(13(14,15)16)18-12(20-10)9-7-19-6-8(9)2/h6-7,17H,3-5H2,1-2H3. The SMILES string of the molecule is CCCNCc1sc(-c2cscc2C)nc1C(F)(F)F. The molecule has 0 amide bonds. The summed E-state index contributed by atoms with van der Waals surface area (Å²) in [5.41, 5.74) is 1.00. The number of nitrogens with one attached hydrogen (secondary N) is 1. The van der Waals surface area contributed by atoms with Crippen molar-refractivity contribution in [1.82, 2.24) is 10.3 Å².